The predicted octanol–water partition coefficient (Wildman–Crippen LogP) is 1.49. The normalized spacial score (nSPS) is 24.3. The molecule has 2 nitrogen and oxygen atoms in total. The van der Waals surface area contributed by atoms with Gasteiger partial charge in [-0.1, -0.05) is 0 Å². The fourth-order valence-corrected chi connectivity index (χ4v) is 1.68. The van der Waals surface area contributed by atoms with Gasteiger partial charge < -0.3 is 10.2 Å². The molecule has 1 aliphatic carbocycles. The van der Waals surface area contributed by atoms with Crippen molar-refractivity contribution >= 4 is 0 Å². The lowest BCUT2D eigenvalue weighted by Crippen LogP contribution is -2.21. The molecule has 0 aliphatic heterocycles. The highest BCUT2D eigenvalue weighted by molar-refractivity contribution is 5.19. The van der Waals surface area contributed by atoms with Crippen molar-refractivity contribution in [2.45, 2.75) is 31.7 Å². The highest BCUT2D eigenvalue weighted by atomic mass is 16.3. The molecule has 0 aromatic carbocycles. The Kier molecular flexibility index (Phi) is 1.70. The molecule has 1 aliphatic rings. The fourth-order valence-electron chi connectivity index (χ4n) is 1.68. The average molecular weight is 151 g/mol. The van der Waals surface area contributed by atoms with Crippen molar-refractivity contribution in [3.05, 3.63) is 23.7 Å². The van der Waals surface area contributed by atoms with Gasteiger partial charge in [-0.2, -0.15) is 0 Å². The first kappa shape index (κ1) is 6.92. The van der Waals surface area contributed by atoms with E-state index >= 15 is 0 Å². The van der Waals surface area contributed by atoms with Crippen LogP contribution in [-0.4, -0.2) is 6.04 Å². The summed E-state index contributed by atoms with van der Waals surface area (Å²) >= 11 is 0. The third kappa shape index (κ3) is 1.31. The van der Waals surface area contributed by atoms with Gasteiger partial charge in [-0.25, -0.2) is 0 Å². The number of furan rings is 1. The Labute approximate surface area is 66.4 Å². The molecule has 2 rings (SSSR count). The van der Waals surface area contributed by atoms with E-state index in [1.54, 1.807) is 6.26 Å². The number of rotatable bonds is 0. The highest BCUT2D eigenvalue weighted by Crippen LogP contribution is 2.20. The summed E-state index contributed by atoms with van der Waals surface area (Å²) in [5.74, 6) is 1.15. The summed E-state index contributed by atoms with van der Waals surface area (Å²) in [6.07, 6.45) is 6.12. The van der Waals surface area contributed by atoms with Crippen molar-refractivity contribution in [1.82, 2.24) is 0 Å². The van der Waals surface area contributed by atoms with Crippen LogP contribution in [0.2, 0.25) is 0 Å². The largest absolute Gasteiger partial charge is 0.469 e. The van der Waals surface area contributed by atoms with Crippen molar-refractivity contribution in [2.75, 3.05) is 0 Å². The first-order chi connectivity index (χ1) is 5.36. The van der Waals surface area contributed by atoms with Crippen LogP contribution in [0.1, 0.15) is 24.2 Å². The Balaban J connectivity index is 2.26. The Morgan fingerprint density at radius 3 is 3.36 bits per heavy atom. The van der Waals surface area contributed by atoms with E-state index in [-0.39, 0.29) is 0 Å². The molecule has 0 saturated heterocycles. The monoisotopic (exact) mass is 151 g/mol. The number of fused-ring (bicyclic) bond motifs is 1. The molecular formula is C9H13NO. The molecule has 1 aromatic rings. The van der Waals surface area contributed by atoms with Gasteiger partial charge >= 0.3 is 0 Å². The first-order valence-electron chi connectivity index (χ1n) is 4.17. The molecule has 1 aromatic heterocycles. The van der Waals surface area contributed by atoms with Crippen molar-refractivity contribution in [1.29, 1.82) is 0 Å². The molecule has 2 heteroatoms. The van der Waals surface area contributed by atoms with E-state index in [2.05, 4.69) is 0 Å². The molecule has 0 saturated carbocycles. The highest BCUT2D eigenvalue weighted by Gasteiger charge is 2.14. The van der Waals surface area contributed by atoms with Crippen LogP contribution >= 0.6 is 0 Å². The Morgan fingerprint density at radius 2 is 2.45 bits per heavy atom. The molecule has 0 fully saturated rings. The van der Waals surface area contributed by atoms with E-state index in [0.29, 0.717) is 6.04 Å². The lowest BCUT2D eigenvalue weighted by molar-refractivity contribution is 0.499. The van der Waals surface area contributed by atoms with Crippen LogP contribution in [0.15, 0.2) is 16.7 Å². The summed E-state index contributed by atoms with van der Waals surface area (Å²) in [4.78, 5) is 0. The Hall–Kier alpha value is -0.760. The van der Waals surface area contributed by atoms with Crippen LogP contribution in [0.5, 0.6) is 0 Å². The third-order valence-corrected chi connectivity index (χ3v) is 2.30. The van der Waals surface area contributed by atoms with Crippen molar-refractivity contribution in [2.24, 2.45) is 5.73 Å². The van der Waals surface area contributed by atoms with E-state index in [1.165, 1.54) is 12.0 Å². The number of hydrogen-bond acceptors (Lipinski definition) is 2. The minimum absolute atomic E-state index is 0.342. The summed E-state index contributed by atoms with van der Waals surface area (Å²) in [6, 6.07) is 2.38. The van der Waals surface area contributed by atoms with Gasteiger partial charge in [0.1, 0.15) is 5.76 Å². The zero-order valence-corrected chi connectivity index (χ0v) is 6.55. The van der Waals surface area contributed by atoms with E-state index < -0.39 is 0 Å². The number of hydrogen-bond donors (Lipinski definition) is 1. The molecule has 0 bridgehead atoms. The van der Waals surface area contributed by atoms with Crippen molar-refractivity contribution in [3.8, 4) is 0 Å². The van der Waals surface area contributed by atoms with Gasteiger partial charge in [-0.3, -0.25) is 0 Å². The topological polar surface area (TPSA) is 39.2 Å². The average Bonchev–Trinajstić information content (AvgIpc) is 2.31. The molecule has 11 heavy (non-hydrogen) atoms. The minimum Gasteiger partial charge on any atom is -0.469 e. The fraction of sp³-hybridized carbons (Fsp3) is 0.556. The van der Waals surface area contributed by atoms with Crippen molar-refractivity contribution in [3.63, 3.8) is 0 Å². The molecule has 1 atom stereocenters. The summed E-state index contributed by atoms with van der Waals surface area (Å²) in [7, 11) is 0. The maximum atomic E-state index is 5.87. The van der Waals surface area contributed by atoms with Crippen LogP contribution < -0.4 is 5.73 Å². The maximum Gasteiger partial charge on any atom is 0.106 e. The lowest BCUT2D eigenvalue weighted by atomic mass is 10.1. The molecule has 60 valence electrons. The molecule has 0 radical (unpaired) electrons. The second-order valence-corrected chi connectivity index (χ2v) is 3.23. The molecule has 0 spiro atoms. The van der Waals surface area contributed by atoms with Gasteiger partial charge in [-0.05, 0) is 30.9 Å². The number of nitrogens with two attached hydrogens (primary N) is 1. The second kappa shape index (κ2) is 2.70. The van der Waals surface area contributed by atoms with Gasteiger partial charge in [0.25, 0.3) is 0 Å². The zero-order valence-electron chi connectivity index (χ0n) is 6.55. The van der Waals surface area contributed by atoms with Crippen molar-refractivity contribution < 1.29 is 4.42 Å². The molecular weight excluding hydrogens is 138 g/mol. The first-order valence-corrected chi connectivity index (χ1v) is 4.17. The van der Waals surface area contributed by atoms with Gasteiger partial charge in [0, 0.05) is 12.5 Å². The van der Waals surface area contributed by atoms with Crippen LogP contribution in [0.25, 0.3) is 0 Å². The smallest absolute Gasteiger partial charge is 0.106 e. The maximum absolute atomic E-state index is 5.87. The van der Waals surface area contributed by atoms with Gasteiger partial charge in [-0.15, -0.1) is 0 Å². The lowest BCUT2D eigenvalue weighted by Gasteiger charge is -2.04. The SMILES string of the molecule is NC1CCCc2occc2C1. The van der Waals surface area contributed by atoms with E-state index in [1.807, 2.05) is 6.07 Å². The molecule has 2 N–H and O–H groups in total. The molecule has 0 amide bonds. The second-order valence-electron chi connectivity index (χ2n) is 3.23. The van der Waals surface area contributed by atoms with E-state index in [4.69, 9.17) is 10.2 Å². The van der Waals surface area contributed by atoms with Gasteiger partial charge in [0.2, 0.25) is 0 Å². The van der Waals surface area contributed by atoms with E-state index in [0.717, 1.165) is 25.0 Å². The minimum atomic E-state index is 0.342. The summed E-state index contributed by atoms with van der Waals surface area (Å²) in [5, 5.41) is 0. The Bertz CT molecular complexity index is 241. The quantitative estimate of drug-likeness (QED) is 0.570. The van der Waals surface area contributed by atoms with Crippen LogP contribution in [0.3, 0.4) is 0 Å². The van der Waals surface area contributed by atoms with E-state index in [9.17, 15) is 0 Å². The molecule has 1 unspecified atom stereocenters. The van der Waals surface area contributed by atoms with Gasteiger partial charge in [0.05, 0.1) is 6.26 Å². The predicted molar refractivity (Wildman–Crippen MR) is 43.3 cm³/mol. The summed E-state index contributed by atoms with van der Waals surface area (Å²) in [5.41, 5.74) is 7.18. The Morgan fingerprint density at radius 1 is 1.55 bits per heavy atom. The van der Waals surface area contributed by atoms with Crippen LogP contribution in [-0.2, 0) is 12.8 Å². The zero-order chi connectivity index (χ0) is 7.68. The summed E-state index contributed by atoms with van der Waals surface area (Å²) in [6.45, 7) is 0. The molecule has 1 heterocycles. The summed E-state index contributed by atoms with van der Waals surface area (Å²) < 4.78 is 5.33. The third-order valence-electron chi connectivity index (χ3n) is 2.30. The van der Waals surface area contributed by atoms with Gasteiger partial charge in [0.15, 0.2) is 0 Å². The van der Waals surface area contributed by atoms with Crippen LogP contribution in [0, 0.1) is 0 Å². The van der Waals surface area contributed by atoms with Crippen LogP contribution in [0.4, 0.5) is 0 Å². The number of aryl methyl sites for hydroxylation is 1. The standard InChI is InChI=1S/C9H13NO/c10-8-2-1-3-9-7(6-8)4-5-11-9/h4-5,8H,1-3,6,10H2.